The van der Waals surface area contributed by atoms with E-state index < -0.39 is 0 Å². The molecule has 2 aromatic rings. The van der Waals surface area contributed by atoms with E-state index in [0.29, 0.717) is 11.6 Å². The van der Waals surface area contributed by atoms with Gasteiger partial charge in [-0.2, -0.15) is 0 Å². The van der Waals surface area contributed by atoms with Crippen molar-refractivity contribution in [2.75, 3.05) is 6.61 Å². The van der Waals surface area contributed by atoms with Gasteiger partial charge in [0.1, 0.15) is 12.4 Å². The van der Waals surface area contributed by atoms with Crippen LogP contribution < -0.4 is 17.1 Å². The standard InChI is InChI=1S/C11H11ClN2O.ClH/c12-10-2-1-3-11(8-10)15-7-6-14-5-4-13-9-14;/h1-5,8-9H,6-7H2;1H/p-1. The lowest BCUT2D eigenvalue weighted by Crippen LogP contribution is -3.00. The van der Waals surface area contributed by atoms with Gasteiger partial charge in [0.25, 0.3) is 0 Å². The van der Waals surface area contributed by atoms with Crippen LogP contribution in [-0.4, -0.2) is 16.2 Å². The molecule has 0 saturated carbocycles. The van der Waals surface area contributed by atoms with Gasteiger partial charge in [-0.15, -0.1) is 0 Å². The molecule has 1 heterocycles. The second-order valence-corrected chi connectivity index (χ2v) is 3.54. The fraction of sp³-hybridized carbons (Fsp3) is 0.182. The van der Waals surface area contributed by atoms with Crippen LogP contribution >= 0.6 is 11.6 Å². The molecule has 0 fully saturated rings. The Morgan fingerprint density at radius 3 is 2.94 bits per heavy atom. The molecule has 16 heavy (non-hydrogen) atoms. The minimum atomic E-state index is 0. The second-order valence-electron chi connectivity index (χ2n) is 3.11. The highest BCUT2D eigenvalue weighted by atomic mass is 35.5. The van der Waals surface area contributed by atoms with Crippen LogP contribution in [0.1, 0.15) is 0 Å². The molecule has 86 valence electrons. The number of imidazole rings is 1. The van der Waals surface area contributed by atoms with Crippen molar-refractivity contribution < 1.29 is 17.1 Å². The van der Waals surface area contributed by atoms with Crippen molar-refractivity contribution in [1.29, 1.82) is 0 Å². The Morgan fingerprint density at radius 1 is 1.38 bits per heavy atom. The molecule has 0 aliphatic carbocycles. The second kappa shape index (κ2) is 6.40. The van der Waals surface area contributed by atoms with E-state index in [2.05, 4.69) is 4.98 Å². The van der Waals surface area contributed by atoms with Crippen LogP contribution in [0, 0.1) is 0 Å². The summed E-state index contributed by atoms with van der Waals surface area (Å²) in [5.74, 6) is 0.794. The van der Waals surface area contributed by atoms with Crippen LogP contribution in [0.25, 0.3) is 0 Å². The summed E-state index contributed by atoms with van der Waals surface area (Å²) >= 11 is 5.83. The molecule has 0 bridgehead atoms. The molecule has 0 aliphatic heterocycles. The molecule has 1 aromatic carbocycles. The number of aromatic nitrogens is 2. The van der Waals surface area contributed by atoms with Gasteiger partial charge in [0.15, 0.2) is 0 Å². The molecule has 5 heteroatoms. The van der Waals surface area contributed by atoms with Crippen molar-refractivity contribution in [2.45, 2.75) is 6.54 Å². The fourth-order valence-electron chi connectivity index (χ4n) is 1.24. The highest BCUT2D eigenvalue weighted by molar-refractivity contribution is 6.30. The number of benzene rings is 1. The van der Waals surface area contributed by atoms with Crippen molar-refractivity contribution in [3.05, 3.63) is 48.0 Å². The topological polar surface area (TPSA) is 27.1 Å². The highest BCUT2D eigenvalue weighted by Crippen LogP contribution is 2.16. The minimum absolute atomic E-state index is 0. The maximum Gasteiger partial charge on any atom is 0.120 e. The van der Waals surface area contributed by atoms with Crippen molar-refractivity contribution in [2.24, 2.45) is 0 Å². The van der Waals surface area contributed by atoms with Gasteiger partial charge in [0.2, 0.25) is 0 Å². The van der Waals surface area contributed by atoms with E-state index in [9.17, 15) is 0 Å². The molecule has 0 saturated heterocycles. The highest BCUT2D eigenvalue weighted by Gasteiger charge is 1.95. The summed E-state index contributed by atoms with van der Waals surface area (Å²) < 4.78 is 7.49. The van der Waals surface area contributed by atoms with Crippen molar-refractivity contribution >= 4 is 11.6 Å². The summed E-state index contributed by atoms with van der Waals surface area (Å²) in [5, 5.41) is 0.690. The van der Waals surface area contributed by atoms with Gasteiger partial charge in [0, 0.05) is 17.4 Å². The summed E-state index contributed by atoms with van der Waals surface area (Å²) in [6, 6.07) is 7.38. The molecule has 1 aromatic heterocycles. The Labute approximate surface area is 105 Å². The Kier molecular flexibility index (Phi) is 5.15. The van der Waals surface area contributed by atoms with Gasteiger partial charge in [-0.1, -0.05) is 17.7 Å². The van der Waals surface area contributed by atoms with Crippen LogP contribution in [-0.2, 0) is 6.54 Å². The van der Waals surface area contributed by atoms with Crippen LogP contribution in [0.4, 0.5) is 0 Å². The Hall–Kier alpha value is -1.19. The molecular weight excluding hydrogens is 247 g/mol. The van der Waals surface area contributed by atoms with Gasteiger partial charge < -0.3 is 21.7 Å². The summed E-state index contributed by atoms with van der Waals surface area (Å²) in [6.07, 6.45) is 5.42. The lowest BCUT2D eigenvalue weighted by Gasteiger charge is -2.06. The number of hydrogen-bond donors (Lipinski definition) is 0. The third-order valence-corrected chi connectivity index (χ3v) is 2.21. The SMILES string of the molecule is Clc1cccc(OCCn2ccnc2)c1.[Cl-]. The van der Waals surface area contributed by atoms with E-state index in [1.54, 1.807) is 18.6 Å². The fourth-order valence-corrected chi connectivity index (χ4v) is 1.42. The number of rotatable bonds is 4. The van der Waals surface area contributed by atoms with Gasteiger partial charge in [0.05, 0.1) is 12.9 Å². The molecule has 0 aliphatic rings. The summed E-state index contributed by atoms with van der Waals surface area (Å²) in [4.78, 5) is 3.95. The minimum Gasteiger partial charge on any atom is -1.00 e. The zero-order chi connectivity index (χ0) is 10.5. The number of hydrogen-bond acceptors (Lipinski definition) is 2. The van der Waals surface area contributed by atoms with Crippen molar-refractivity contribution in [3.8, 4) is 5.75 Å². The summed E-state index contributed by atoms with van der Waals surface area (Å²) in [6.45, 7) is 1.39. The van der Waals surface area contributed by atoms with Crippen LogP contribution in [0.2, 0.25) is 5.02 Å². The van der Waals surface area contributed by atoms with Crippen LogP contribution in [0.15, 0.2) is 43.0 Å². The largest absolute Gasteiger partial charge is 1.00 e. The van der Waals surface area contributed by atoms with E-state index in [4.69, 9.17) is 16.3 Å². The molecule has 0 unspecified atom stereocenters. The maximum absolute atomic E-state index is 5.83. The lowest BCUT2D eigenvalue weighted by atomic mass is 10.3. The lowest BCUT2D eigenvalue weighted by molar-refractivity contribution is -0.00000352. The maximum atomic E-state index is 5.83. The Morgan fingerprint density at radius 2 is 2.25 bits per heavy atom. The van der Waals surface area contributed by atoms with Gasteiger partial charge in [-0.3, -0.25) is 0 Å². The van der Waals surface area contributed by atoms with Gasteiger partial charge in [-0.25, -0.2) is 4.98 Å². The predicted molar refractivity (Wildman–Crippen MR) is 59.2 cm³/mol. The molecule has 0 spiro atoms. The molecule has 0 N–H and O–H groups in total. The average Bonchev–Trinajstić information content (AvgIpc) is 2.71. The first kappa shape index (κ1) is 12.9. The molecule has 0 amide bonds. The molecule has 0 atom stereocenters. The van der Waals surface area contributed by atoms with E-state index in [0.717, 1.165) is 12.3 Å². The molecule has 3 nitrogen and oxygen atoms in total. The summed E-state index contributed by atoms with van der Waals surface area (Å²) in [7, 11) is 0. The van der Waals surface area contributed by atoms with Crippen LogP contribution in [0.3, 0.4) is 0 Å². The summed E-state index contributed by atoms with van der Waals surface area (Å²) in [5.41, 5.74) is 0. The predicted octanol–water partition coefficient (Wildman–Crippen LogP) is -0.381. The first-order valence-electron chi connectivity index (χ1n) is 4.69. The monoisotopic (exact) mass is 257 g/mol. The van der Waals surface area contributed by atoms with Gasteiger partial charge in [-0.05, 0) is 18.2 Å². The average molecular weight is 258 g/mol. The third-order valence-electron chi connectivity index (χ3n) is 1.97. The van der Waals surface area contributed by atoms with Crippen molar-refractivity contribution in [1.82, 2.24) is 9.55 Å². The Bertz CT molecular complexity index is 418. The zero-order valence-electron chi connectivity index (χ0n) is 8.51. The third kappa shape index (κ3) is 3.76. The first-order chi connectivity index (χ1) is 7.34. The number of ether oxygens (including phenoxy) is 1. The first-order valence-corrected chi connectivity index (χ1v) is 5.06. The quantitative estimate of drug-likeness (QED) is 0.747. The van der Waals surface area contributed by atoms with E-state index in [1.807, 2.05) is 29.0 Å². The van der Waals surface area contributed by atoms with E-state index >= 15 is 0 Å². The normalized spacial score (nSPS) is 9.56. The zero-order valence-corrected chi connectivity index (χ0v) is 10.0. The number of nitrogens with zero attached hydrogens (tertiary/aromatic N) is 2. The number of halogens is 2. The molecular formula is C11H11Cl2N2O-. The van der Waals surface area contributed by atoms with Crippen molar-refractivity contribution in [3.63, 3.8) is 0 Å². The van der Waals surface area contributed by atoms with Gasteiger partial charge >= 0.3 is 0 Å². The Balaban J connectivity index is 0.00000128. The molecule has 0 radical (unpaired) electrons. The molecule has 2 rings (SSSR count). The van der Waals surface area contributed by atoms with E-state index in [-0.39, 0.29) is 12.4 Å². The van der Waals surface area contributed by atoms with E-state index in [1.165, 1.54) is 0 Å². The smallest absolute Gasteiger partial charge is 0.120 e. The van der Waals surface area contributed by atoms with Crippen LogP contribution in [0.5, 0.6) is 5.75 Å².